The molecule has 1 aromatic heterocycles. The van der Waals surface area contributed by atoms with Crippen LogP contribution in [-0.4, -0.2) is 38.6 Å². The maximum Gasteiger partial charge on any atom is 0.321 e. The Morgan fingerprint density at radius 3 is 2.30 bits per heavy atom. The topological polar surface area (TPSA) is 128 Å². The van der Waals surface area contributed by atoms with Gasteiger partial charge >= 0.3 is 5.97 Å². The lowest BCUT2D eigenvalue weighted by molar-refractivity contribution is -0.146. The summed E-state index contributed by atoms with van der Waals surface area (Å²) in [6.07, 6.45) is 0. The molecule has 2 rings (SSSR count). The molecule has 146 valence electrons. The molecule has 0 radical (unpaired) electrons. The van der Waals surface area contributed by atoms with E-state index in [1.54, 1.807) is 12.1 Å². The smallest absolute Gasteiger partial charge is 0.321 e. The summed E-state index contributed by atoms with van der Waals surface area (Å²) in [5.41, 5.74) is 2.74. The van der Waals surface area contributed by atoms with Crippen LogP contribution in [0.5, 0.6) is 0 Å². The van der Waals surface area contributed by atoms with Crippen molar-refractivity contribution < 1.29 is 27.3 Å². The summed E-state index contributed by atoms with van der Waals surface area (Å²) in [5, 5.41) is 6.17. The molecule has 0 bridgehead atoms. The van der Waals surface area contributed by atoms with Crippen LogP contribution in [0.15, 0.2) is 27.6 Å². The number of hydrogen-bond acceptors (Lipinski definition) is 7. The normalized spacial score (nSPS) is 11.3. The zero-order chi connectivity index (χ0) is 20.2. The lowest BCUT2D eigenvalue weighted by atomic mass is 10.1. The number of nitrogens with zero attached hydrogens (tertiary/aromatic N) is 1. The van der Waals surface area contributed by atoms with Gasteiger partial charge in [-0.05, 0) is 51.0 Å². The maximum atomic E-state index is 12.2. The summed E-state index contributed by atoms with van der Waals surface area (Å²) in [6.45, 7) is 5.56. The highest BCUT2D eigenvalue weighted by atomic mass is 32.2. The number of amides is 1. The molecule has 0 fully saturated rings. The van der Waals surface area contributed by atoms with E-state index in [-0.39, 0.29) is 16.3 Å². The number of hydrogen-bond donors (Lipinski definition) is 2. The molecule has 0 atom stereocenters. The van der Waals surface area contributed by atoms with E-state index in [0.29, 0.717) is 5.69 Å². The van der Waals surface area contributed by atoms with Crippen LogP contribution >= 0.6 is 0 Å². The van der Waals surface area contributed by atoms with Gasteiger partial charge in [-0.1, -0.05) is 11.2 Å². The fourth-order valence-corrected chi connectivity index (χ4v) is 3.82. The number of aryl methyl sites for hydroxylation is 4. The highest BCUT2D eigenvalue weighted by Crippen LogP contribution is 2.18. The van der Waals surface area contributed by atoms with E-state index in [2.05, 4.69) is 15.2 Å². The van der Waals surface area contributed by atoms with Crippen LogP contribution in [0, 0.1) is 27.7 Å². The van der Waals surface area contributed by atoms with Gasteiger partial charge in [0.25, 0.3) is 5.91 Å². The minimum absolute atomic E-state index is 0.112. The molecule has 27 heavy (non-hydrogen) atoms. The Kier molecular flexibility index (Phi) is 6.34. The molecule has 0 spiro atoms. The third-order valence-corrected chi connectivity index (χ3v) is 5.16. The first kappa shape index (κ1) is 20.6. The molecule has 1 amide bonds. The van der Waals surface area contributed by atoms with E-state index < -0.39 is 35.1 Å². The lowest BCUT2D eigenvalue weighted by Gasteiger charge is -2.09. The predicted molar refractivity (Wildman–Crippen MR) is 96.7 cm³/mol. The van der Waals surface area contributed by atoms with Gasteiger partial charge in [-0.2, -0.15) is 4.72 Å². The summed E-state index contributed by atoms with van der Waals surface area (Å²) >= 11 is 0. The van der Waals surface area contributed by atoms with Crippen molar-refractivity contribution in [2.45, 2.75) is 32.6 Å². The van der Waals surface area contributed by atoms with Crippen LogP contribution in [0.25, 0.3) is 0 Å². The second-order valence-electron chi connectivity index (χ2n) is 6.06. The number of nitrogens with one attached hydrogen (secondary N) is 2. The van der Waals surface area contributed by atoms with Gasteiger partial charge in [-0.3, -0.25) is 9.59 Å². The zero-order valence-electron chi connectivity index (χ0n) is 15.5. The Hall–Kier alpha value is -2.72. The summed E-state index contributed by atoms with van der Waals surface area (Å²) in [4.78, 5) is 23.5. The van der Waals surface area contributed by atoms with E-state index in [4.69, 9.17) is 9.26 Å². The first-order valence-electron chi connectivity index (χ1n) is 8.05. The number of sulfonamides is 1. The highest BCUT2D eigenvalue weighted by molar-refractivity contribution is 7.89. The summed E-state index contributed by atoms with van der Waals surface area (Å²) in [7, 11) is -3.98. The first-order chi connectivity index (χ1) is 12.6. The standard InChI is InChI=1S/C17H21N3O6S/c1-10-5-11(2)7-14(6-10)19-15(21)9-25-16(22)8-18-27(23,24)17-12(3)20-26-13(17)4/h5-7,18H,8-9H2,1-4H3,(H,19,21). The van der Waals surface area contributed by atoms with Gasteiger partial charge in [-0.25, -0.2) is 8.42 Å². The Balaban J connectivity index is 1.84. The molecule has 0 saturated heterocycles. The van der Waals surface area contributed by atoms with E-state index in [9.17, 15) is 18.0 Å². The van der Waals surface area contributed by atoms with Crippen molar-refractivity contribution in [1.82, 2.24) is 9.88 Å². The van der Waals surface area contributed by atoms with E-state index >= 15 is 0 Å². The van der Waals surface area contributed by atoms with Crippen LogP contribution in [0.2, 0.25) is 0 Å². The van der Waals surface area contributed by atoms with Crippen molar-refractivity contribution in [2.75, 3.05) is 18.5 Å². The lowest BCUT2D eigenvalue weighted by Crippen LogP contribution is -2.32. The number of anilines is 1. The average Bonchev–Trinajstić information content (AvgIpc) is 2.89. The third kappa shape index (κ3) is 5.63. The van der Waals surface area contributed by atoms with Gasteiger partial charge < -0.3 is 14.6 Å². The average molecular weight is 395 g/mol. The van der Waals surface area contributed by atoms with Crippen molar-refractivity contribution in [3.05, 3.63) is 40.8 Å². The molecular formula is C17H21N3O6S. The molecule has 0 saturated carbocycles. The molecule has 10 heteroatoms. The van der Waals surface area contributed by atoms with Gasteiger partial charge in [0, 0.05) is 5.69 Å². The van der Waals surface area contributed by atoms with E-state index in [1.807, 2.05) is 19.9 Å². The third-order valence-electron chi connectivity index (χ3n) is 3.51. The monoisotopic (exact) mass is 395 g/mol. The molecule has 2 aromatic rings. The summed E-state index contributed by atoms with van der Waals surface area (Å²) in [6, 6.07) is 5.52. The second kappa shape index (κ2) is 8.31. The maximum absolute atomic E-state index is 12.2. The minimum Gasteiger partial charge on any atom is -0.455 e. The molecule has 0 aliphatic carbocycles. The van der Waals surface area contributed by atoms with Gasteiger partial charge in [0.2, 0.25) is 10.0 Å². The quantitative estimate of drug-likeness (QED) is 0.678. The van der Waals surface area contributed by atoms with Crippen LogP contribution < -0.4 is 10.0 Å². The molecule has 1 aromatic carbocycles. The largest absolute Gasteiger partial charge is 0.455 e. The Morgan fingerprint density at radius 2 is 1.74 bits per heavy atom. The van der Waals surface area contributed by atoms with E-state index in [1.165, 1.54) is 13.8 Å². The number of aromatic nitrogens is 1. The van der Waals surface area contributed by atoms with Crippen molar-refractivity contribution in [3.8, 4) is 0 Å². The SMILES string of the molecule is Cc1cc(C)cc(NC(=O)COC(=O)CNS(=O)(=O)c2c(C)noc2C)c1. The van der Waals surface area contributed by atoms with Crippen molar-refractivity contribution in [3.63, 3.8) is 0 Å². The van der Waals surface area contributed by atoms with Crippen LogP contribution in [0.4, 0.5) is 5.69 Å². The zero-order valence-corrected chi connectivity index (χ0v) is 16.3. The number of rotatable bonds is 7. The number of carbonyl (C=O) groups excluding carboxylic acids is 2. The van der Waals surface area contributed by atoms with Gasteiger partial charge in [-0.15, -0.1) is 0 Å². The Labute approximate surface area is 157 Å². The van der Waals surface area contributed by atoms with Gasteiger partial charge in [0.1, 0.15) is 17.1 Å². The summed E-state index contributed by atoms with van der Waals surface area (Å²) in [5.74, 6) is -1.30. The van der Waals surface area contributed by atoms with E-state index in [0.717, 1.165) is 11.1 Å². The van der Waals surface area contributed by atoms with Crippen LogP contribution in [0.1, 0.15) is 22.6 Å². The highest BCUT2D eigenvalue weighted by Gasteiger charge is 2.25. The van der Waals surface area contributed by atoms with Crippen molar-refractivity contribution >= 4 is 27.6 Å². The molecule has 1 heterocycles. The second-order valence-corrected chi connectivity index (χ2v) is 7.77. The van der Waals surface area contributed by atoms with Crippen LogP contribution in [0.3, 0.4) is 0 Å². The Bertz CT molecular complexity index is 925. The van der Waals surface area contributed by atoms with Gasteiger partial charge in [0.15, 0.2) is 12.4 Å². The fourth-order valence-electron chi connectivity index (χ4n) is 2.53. The van der Waals surface area contributed by atoms with Crippen LogP contribution in [-0.2, 0) is 24.3 Å². The number of ether oxygens (including phenoxy) is 1. The number of benzene rings is 1. The van der Waals surface area contributed by atoms with Crippen molar-refractivity contribution in [2.24, 2.45) is 0 Å². The fraction of sp³-hybridized carbons (Fsp3) is 0.353. The van der Waals surface area contributed by atoms with Gasteiger partial charge in [0.05, 0.1) is 0 Å². The van der Waals surface area contributed by atoms with Crippen molar-refractivity contribution in [1.29, 1.82) is 0 Å². The number of carbonyl (C=O) groups is 2. The molecule has 0 aliphatic rings. The first-order valence-corrected chi connectivity index (χ1v) is 9.53. The summed E-state index contributed by atoms with van der Waals surface area (Å²) < 4.78 is 36.1. The minimum atomic E-state index is -3.98. The Morgan fingerprint density at radius 1 is 1.11 bits per heavy atom. The molecule has 0 aliphatic heterocycles. The predicted octanol–water partition coefficient (Wildman–Crippen LogP) is 1.37. The molecule has 9 nitrogen and oxygen atoms in total. The molecule has 0 unspecified atom stereocenters. The molecular weight excluding hydrogens is 374 g/mol. The number of esters is 1. The molecule has 2 N–H and O–H groups in total.